The van der Waals surface area contributed by atoms with E-state index in [4.69, 9.17) is 59.5 Å². The predicted molar refractivity (Wildman–Crippen MR) is 171 cm³/mol. The van der Waals surface area contributed by atoms with E-state index >= 15 is 0 Å². The van der Waals surface area contributed by atoms with Crippen LogP contribution in [0.5, 0.6) is 23.0 Å². The van der Waals surface area contributed by atoms with Crippen molar-refractivity contribution in [2.75, 3.05) is 7.11 Å². The van der Waals surface area contributed by atoms with Crippen LogP contribution >= 0.6 is 46.1 Å². The number of halogens is 3. The number of thiophene rings is 1. The van der Waals surface area contributed by atoms with Crippen molar-refractivity contribution in [2.24, 2.45) is 5.73 Å². The largest absolute Gasteiger partial charge is 0.493 e. The van der Waals surface area contributed by atoms with Crippen LogP contribution in [0.1, 0.15) is 32.3 Å². The Morgan fingerprint density at radius 1 is 0.977 bits per heavy atom. The van der Waals surface area contributed by atoms with Crippen LogP contribution in [0.25, 0.3) is 10.1 Å². The molecule has 7 nitrogen and oxygen atoms in total. The lowest BCUT2D eigenvalue weighted by molar-refractivity contribution is 0.0740. The van der Waals surface area contributed by atoms with Gasteiger partial charge in [-0.2, -0.15) is 5.26 Å². The summed E-state index contributed by atoms with van der Waals surface area (Å²) in [6.07, 6.45) is 0. The van der Waals surface area contributed by atoms with Gasteiger partial charge in [-0.05, 0) is 53.6 Å². The van der Waals surface area contributed by atoms with Crippen molar-refractivity contribution in [1.29, 1.82) is 5.26 Å². The van der Waals surface area contributed by atoms with Crippen molar-refractivity contribution in [1.82, 2.24) is 0 Å². The molecule has 11 heteroatoms. The molecule has 0 saturated carbocycles. The van der Waals surface area contributed by atoms with Crippen LogP contribution < -0.4 is 24.7 Å². The van der Waals surface area contributed by atoms with Gasteiger partial charge in [-0.25, -0.2) is 4.79 Å². The van der Waals surface area contributed by atoms with E-state index in [1.54, 1.807) is 67.8 Å². The first-order chi connectivity index (χ1) is 21.2. The van der Waals surface area contributed by atoms with E-state index in [2.05, 4.69) is 6.07 Å². The second-order valence-corrected chi connectivity index (χ2v) is 12.0. The molecule has 220 valence electrons. The Hall–Kier alpha value is -4.39. The van der Waals surface area contributed by atoms with Crippen LogP contribution in [0.15, 0.2) is 90.3 Å². The third-order valence-electron chi connectivity index (χ3n) is 7.01. The zero-order valence-electron chi connectivity index (χ0n) is 22.9. The van der Waals surface area contributed by atoms with E-state index < -0.39 is 11.9 Å². The summed E-state index contributed by atoms with van der Waals surface area (Å²) in [4.78, 5) is 13.3. The van der Waals surface area contributed by atoms with Crippen molar-refractivity contribution in [3.8, 4) is 29.1 Å². The minimum absolute atomic E-state index is 0.0556. The fraction of sp³-hybridized carbons (Fsp3) is 0.0909. The molecule has 4 aromatic carbocycles. The molecule has 0 amide bonds. The van der Waals surface area contributed by atoms with Crippen molar-refractivity contribution >= 4 is 62.2 Å². The van der Waals surface area contributed by atoms with Crippen molar-refractivity contribution in [2.45, 2.75) is 12.5 Å². The summed E-state index contributed by atoms with van der Waals surface area (Å²) in [5.41, 5.74) is 8.76. The summed E-state index contributed by atoms with van der Waals surface area (Å²) in [5.74, 6) is 0.309. The van der Waals surface area contributed by atoms with E-state index in [1.165, 1.54) is 11.3 Å². The number of allylic oxidation sites excluding steroid dienone is 1. The molecule has 0 radical (unpaired) electrons. The zero-order valence-corrected chi connectivity index (χ0v) is 26.0. The van der Waals surface area contributed by atoms with Gasteiger partial charge in [-0.15, -0.1) is 11.3 Å². The second-order valence-electron chi connectivity index (χ2n) is 9.73. The van der Waals surface area contributed by atoms with Gasteiger partial charge in [-0.3, -0.25) is 0 Å². The number of methoxy groups -OCH3 is 1. The van der Waals surface area contributed by atoms with Crippen molar-refractivity contribution < 1.29 is 23.7 Å². The van der Waals surface area contributed by atoms with Crippen molar-refractivity contribution in [3.05, 3.63) is 127 Å². The first kappa shape index (κ1) is 29.7. The highest BCUT2D eigenvalue weighted by Crippen LogP contribution is 2.45. The highest BCUT2D eigenvalue weighted by atomic mass is 35.5. The first-order valence-corrected chi connectivity index (χ1v) is 15.1. The molecule has 1 unspecified atom stereocenters. The number of nitriles is 1. The molecule has 1 atom stereocenters. The number of rotatable bonds is 7. The van der Waals surface area contributed by atoms with Gasteiger partial charge < -0.3 is 24.7 Å². The fourth-order valence-electron chi connectivity index (χ4n) is 4.89. The van der Waals surface area contributed by atoms with Gasteiger partial charge in [0.25, 0.3) is 0 Å². The molecule has 44 heavy (non-hydrogen) atoms. The number of benzene rings is 4. The number of hydrogen-bond donors (Lipinski definition) is 1. The summed E-state index contributed by atoms with van der Waals surface area (Å²) < 4.78 is 23.9. The predicted octanol–water partition coefficient (Wildman–Crippen LogP) is 8.89. The molecule has 0 aliphatic carbocycles. The summed E-state index contributed by atoms with van der Waals surface area (Å²) in [6, 6.07) is 25.1. The molecule has 0 saturated heterocycles. The van der Waals surface area contributed by atoms with Crippen LogP contribution in [0.3, 0.4) is 0 Å². The second kappa shape index (κ2) is 12.3. The number of hydrogen-bond acceptors (Lipinski definition) is 8. The van der Waals surface area contributed by atoms with E-state index in [9.17, 15) is 10.1 Å². The number of nitrogens with two attached hydrogens (primary N) is 1. The Labute approximate surface area is 271 Å². The average molecular weight is 664 g/mol. The Kier molecular flexibility index (Phi) is 8.30. The van der Waals surface area contributed by atoms with Crippen LogP contribution in [0.2, 0.25) is 15.1 Å². The quantitative estimate of drug-likeness (QED) is 0.137. The van der Waals surface area contributed by atoms with Crippen molar-refractivity contribution in [3.63, 3.8) is 0 Å². The smallest absolute Gasteiger partial charge is 0.355 e. The molecule has 5 aromatic rings. The topological polar surface area (TPSA) is 104 Å². The third kappa shape index (κ3) is 5.75. The number of esters is 1. The normalized spacial score (nSPS) is 14.0. The number of fused-ring (bicyclic) bond motifs is 2. The molecule has 6 rings (SSSR count). The molecule has 2 heterocycles. The van der Waals surface area contributed by atoms with Gasteiger partial charge in [0.15, 0.2) is 11.5 Å². The SMILES string of the molecule is COc1cc(C2C(C#N)=C(N)Oc3cc(OC(=O)c4sc5cc(Cl)ccc5c4Cl)ccc32)ccc1OCc1ccc(Cl)cc1. The van der Waals surface area contributed by atoms with E-state index in [1.807, 2.05) is 18.2 Å². The molecule has 1 aliphatic heterocycles. The van der Waals surface area contributed by atoms with Gasteiger partial charge in [0.05, 0.1) is 18.1 Å². The van der Waals surface area contributed by atoms with Gasteiger partial charge in [0.2, 0.25) is 5.88 Å². The van der Waals surface area contributed by atoms with E-state index in [0.717, 1.165) is 15.8 Å². The summed E-state index contributed by atoms with van der Waals surface area (Å²) >= 11 is 19.7. The van der Waals surface area contributed by atoms with Crippen LogP contribution in [0, 0.1) is 11.3 Å². The molecule has 1 aromatic heterocycles. The zero-order chi connectivity index (χ0) is 31.0. The summed E-state index contributed by atoms with van der Waals surface area (Å²) in [7, 11) is 1.54. The van der Waals surface area contributed by atoms with E-state index in [0.29, 0.717) is 49.9 Å². The number of nitrogens with zero attached hydrogens (tertiary/aromatic N) is 1. The van der Waals surface area contributed by atoms with Gasteiger partial charge in [-0.1, -0.05) is 65.1 Å². The maximum atomic E-state index is 13.1. The Bertz CT molecular complexity index is 2000. The summed E-state index contributed by atoms with van der Waals surface area (Å²) in [6.45, 7) is 0.311. The number of ether oxygens (including phenoxy) is 4. The molecular formula is C33H21Cl3N2O5S. The molecule has 0 spiro atoms. The van der Waals surface area contributed by atoms with Gasteiger partial charge >= 0.3 is 5.97 Å². The van der Waals surface area contributed by atoms with Crippen LogP contribution in [0.4, 0.5) is 0 Å². The van der Waals surface area contributed by atoms with Gasteiger partial charge in [0.1, 0.15) is 34.6 Å². The minimum Gasteiger partial charge on any atom is -0.493 e. The maximum Gasteiger partial charge on any atom is 0.355 e. The highest BCUT2D eigenvalue weighted by molar-refractivity contribution is 7.21. The van der Waals surface area contributed by atoms with Crippen LogP contribution in [-0.4, -0.2) is 13.1 Å². The Balaban J connectivity index is 1.28. The van der Waals surface area contributed by atoms with Gasteiger partial charge in [0, 0.05) is 31.8 Å². The van der Waals surface area contributed by atoms with E-state index in [-0.39, 0.29) is 22.1 Å². The molecule has 2 N–H and O–H groups in total. The standard InChI is InChI=1S/C33H21Cl3N2O5S/c1-40-27-12-18(4-11-25(27)41-16-17-2-5-19(34)6-3-17)29-22-10-8-21(14-26(22)43-32(38)24(29)15-37)42-33(39)31-30(36)23-9-7-20(35)13-28(23)44-31/h2-14,29H,16,38H2,1H3. The molecular weight excluding hydrogens is 643 g/mol. The lowest BCUT2D eigenvalue weighted by Crippen LogP contribution is -2.21. The average Bonchev–Trinajstić information content (AvgIpc) is 3.35. The Morgan fingerprint density at radius 3 is 2.50 bits per heavy atom. The van der Waals surface area contributed by atoms with Crippen LogP contribution in [-0.2, 0) is 6.61 Å². The number of carbonyl (C=O) groups is 1. The molecule has 0 bridgehead atoms. The molecule has 0 fully saturated rings. The first-order valence-electron chi connectivity index (χ1n) is 13.1. The highest BCUT2D eigenvalue weighted by Gasteiger charge is 2.32. The number of carbonyl (C=O) groups excluding carboxylic acids is 1. The maximum absolute atomic E-state index is 13.1. The lowest BCUT2D eigenvalue weighted by atomic mass is 9.83. The minimum atomic E-state index is -0.625. The monoisotopic (exact) mass is 662 g/mol. The fourth-order valence-corrected chi connectivity index (χ4v) is 6.68. The summed E-state index contributed by atoms with van der Waals surface area (Å²) in [5, 5.41) is 12.2. The third-order valence-corrected chi connectivity index (χ3v) is 9.13. The molecule has 1 aliphatic rings. The Morgan fingerprint density at radius 2 is 1.75 bits per heavy atom. The lowest BCUT2D eigenvalue weighted by Gasteiger charge is -2.27.